The number of amides is 4. The molecule has 1 heterocycles. The molecule has 4 N–H and O–H groups in total. The molecule has 4 atom stereocenters. The largest absolute Gasteiger partial charge is 0.346 e. The van der Waals surface area contributed by atoms with Gasteiger partial charge in [0.2, 0.25) is 18.2 Å². The maximum absolute atomic E-state index is 13.6. The fourth-order valence-electron chi connectivity index (χ4n) is 6.01. The standard InChI is InChI=1S/C28H41F2N5O5.C10H9N/c1-17(20-13-7-6-8-14-20)32-25(39)21(37)23(34-27(29)30)33-24(38)18(2)35(15-19-11-9-10-12-19)26(40)22(31-16-36)28(3,4)5;1-8-6-7-11-10-5-3-2-4-9(8)10/h6-8,13-14,16-19,22-23,27,34H,9-12,15H2,1-5H3,(H,31,36)(H,32,39)(H,33,38);2-7H,1H3/t17-,18?,22?,23?;/m0./s1. The van der Waals surface area contributed by atoms with Crippen LogP contribution in [-0.4, -0.2) is 71.1 Å². The summed E-state index contributed by atoms with van der Waals surface area (Å²) in [6, 6.07) is 16.2. The molecule has 3 aromatic rings. The molecule has 0 bridgehead atoms. The van der Waals surface area contributed by atoms with Gasteiger partial charge in [0.05, 0.1) is 11.6 Å². The molecule has 0 aliphatic heterocycles. The number of nitrogens with one attached hydrogen (secondary N) is 4. The minimum absolute atomic E-state index is 0.123. The first kappa shape index (κ1) is 40.6. The van der Waals surface area contributed by atoms with Gasteiger partial charge >= 0.3 is 0 Å². The van der Waals surface area contributed by atoms with Crippen LogP contribution in [0, 0.1) is 18.3 Å². The molecular weight excluding hydrogens is 658 g/mol. The summed E-state index contributed by atoms with van der Waals surface area (Å²) in [5.74, 6) is -3.76. The lowest BCUT2D eigenvalue weighted by Gasteiger charge is -2.38. The van der Waals surface area contributed by atoms with Gasteiger partial charge in [0.25, 0.3) is 18.2 Å². The van der Waals surface area contributed by atoms with Gasteiger partial charge < -0.3 is 20.9 Å². The van der Waals surface area contributed by atoms with E-state index in [1.54, 1.807) is 63.3 Å². The Hall–Kier alpha value is -4.78. The molecule has 0 radical (unpaired) electrons. The number of ketones is 1. The van der Waals surface area contributed by atoms with Crippen LogP contribution in [0.2, 0.25) is 0 Å². The number of benzene rings is 2. The van der Waals surface area contributed by atoms with Crippen LogP contribution in [0.5, 0.6) is 0 Å². The van der Waals surface area contributed by atoms with Gasteiger partial charge in [0, 0.05) is 18.1 Å². The molecule has 1 saturated carbocycles. The lowest BCUT2D eigenvalue weighted by molar-refractivity contribution is -0.147. The van der Waals surface area contributed by atoms with E-state index in [0.717, 1.165) is 31.2 Å². The first-order chi connectivity index (χ1) is 24.1. The molecule has 1 fully saturated rings. The van der Waals surface area contributed by atoms with Gasteiger partial charge in [-0.3, -0.25) is 29.0 Å². The molecule has 2 aromatic carbocycles. The second-order valence-electron chi connectivity index (χ2n) is 13.9. The van der Waals surface area contributed by atoms with Crippen LogP contribution in [0.4, 0.5) is 8.78 Å². The average molecular weight is 709 g/mol. The Morgan fingerprint density at radius 2 is 1.57 bits per heavy atom. The predicted octanol–water partition coefficient (Wildman–Crippen LogP) is 4.80. The van der Waals surface area contributed by atoms with E-state index in [0.29, 0.717) is 12.0 Å². The highest BCUT2D eigenvalue weighted by atomic mass is 19.3. The second kappa shape index (κ2) is 19.0. The van der Waals surface area contributed by atoms with Crippen molar-refractivity contribution < 1.29 is 32.8 Å². The van der Waals surface area contributed by atoms with Crippen molar-refractivity contribution in [2.75, 3.05) is 6.54 Å². The number of hydrogen-bond acceptors (Lipinski definition) is 7. The molecule has 1 aliphatic rings. The number of Topliss-reactive ketones (excluding diaryl/α,β-unsaturated/α-hetero) is 1. The number of hydrogen-bond donors (Lipinski definition) is 4. The topological polar surface area (TPSA) is 150 Å². The number of pyridine rings is 1. The average Bonchev–Trinajstić information content (AvgIpc) is 3.62. The summed E-state index contributed by atoms with van der Waals surface area (Å²) >= 11 is 0. The second-order valence-corrected chi connectivity index (χ2v) is 13.9. The van der Waals surface area contributed by atoms with E-state index in [9.17, 15) is 32.8 Å². The Morgan fingerprint density at radius 3 is 2.16 bits per heavy atom. The minimum Gasteiger partial charge on any atom is -0.346 e. The number of nitrogens with zero attached hydrogens (tertiary/aromatic N) is 2. The van der Waals surface area contributed by atoms with E-state index in [1.807, 2.05) is 30.5 Å². The first-order valence-electron chi connectivity index (χ1n) is 17.2. The zero-order valence-corrected chi connectivity index (χ0v) is 30.1. The third kappa shape index (κ3) is 11.9. The summed E-state index contributed by atoms with van der Waals surface area (Å²) in [4.78, 5) is 69.3. The number of aromatic nitrogens is 1. The Bertz CT molecular complexity index is 1620. The van der Waals surface area contributed by atoms with Gasteiger partial charge in [-0.1, -0.05) is 82.1 Å². The van der Waals surface area contributed by atoms with Crippen molar-refractivity contribution >= 4 is 40.8 Å². The van der Waals surface area contributed by atoms with Crippen LogP contribution < -0.4 is 21.3 Å². The van der Waals surface area contributed by atoms with Crippen molar-refractivity contribution in [2.24, 2.45) is 11.3 Å². The molecule has 51 heavy (non-hydrogen) atoms. The molecule has 276 valence electrons. The molecule has 1 aromatic heterocycles. The van der Waals surface area contributed by atoms with Crippen molar-refractivity contribution in [3.63, 3.8) is 0 Å². The summed E-state index contributed by atoms with van der Waals surface area (Å²) in [6.45, 7) is 7.44. The maximum atomic E-state index is 13.6. The number of para-hydroxylation sites is 1. The zero-order valence-electron chi connectivity index (χ0n) is 30.1. The van der Waals surface area contributed by atoms with Gasteiger partial charge in [0.15, 0.2) is 6.17 Å². The zero-order chi connectivity index (χ0) is 37.7. The molecule has 11 nitrogen and oxygen atoms in total. The molecule has 1 aliphatic carbocycles. The summed E-state index contributed by atoms with van der Waals surface area (Å²) in [6.07, 6.45) is 3.90. The van der Waals surface area contributed by atoms with E-state index < -0.39 is 59.8 Å². The first-order valence-corrected chi connectivity index (χ1v) is 17.2. The molecular formula is C38H50F2N6O5. The van der Waals surface area contributed by atoms with Crippen LogP contribution in [0.15, 0.2) is 66.9 Å². The number of rotatable bonds is 14. The number of fused-ring (bicyclic) bond motifs is 1. The summed E-state index contributed by atoms with van der Waals surface area (Å²) in [5, 5.41) is 10.1. The van der Waals surface area contributed by atoms with E-state index in [2.05, 4.69) is 33.9 Å². The molecule has 13 heteroatoms. The normalized spacial score (nSPS) is 15.5. The Labute approximate surface area is 298 Å². The lowest BCUT2D eigenvalue weighted by Crippen LogP contribution is -2.62. The van der Waals surface area contributed by atoms with E-state index in [-0.39, 0.29) is 12.5 Å². The summed E-state index contributed by atoms with van der Waals surface area (Å²) < 4.78 is 26.6. The third-order valence-electron chi connectivity index (χ3n) is 8.99. The fraction of sp³-hybridized carbons (Fsp3) is 0.474. The summed E-state index contributed by atoms with van der Waals surface area (Å²) in [7, 11) is 0. The van der Waals surface area contributed by atoms with E-state index in [4.69, 9.17) is 0 Å². The van der Waals surface area contributed by atoms with Crippen LogP contribution >= 0.6 is 0 Å². The van der Waals surface area contributed by atoms with Gasteiger partial charge in [-0.25, -0.2) is 5.32 Å². The van der Waals surface area contributed by atoms with Gasteiger partial charge in [-0.05, 0) is 68.2 Å². The van der Waals surface area contributed by atoms with Crippen molar-refractivity contribution in [3.05, 3.63) is 78.0 Å². The van der Waals surface area contributed by atoms with Gasteiger partial charge in [0.1, 0.15) is 12.1 Å². The highest BCUT2D eigenvalue weighted by Crippen LogP contribution is 2.28. The highest BCUT2D eigenvalue weighted by molar-refractivity contribution is 6.38. The monoisotopic (exact) mass is 708 g/mol. The van der Waals surface area contributed by atoms with Crippen LogP contribution in [0.3, 0.4) is 0 Å². The van der Waals surface area contributed by atoms with E-state index >= 15 is 0 Å². The van der Waals surface area contributed by atoms with Gasteiger partial charge in [-0.15, -0.1) is 0 Å². The number of halogens is 2. The Morgan fingerprint density at radius 1 is 0.941 bits per heavy atom. The maximum Gasteiger partial charge on any atom is 0.294 e. The lowest BCUT2D eigenvalue weighted by atomic mass is 9.85. The molecule has 0 saturated heterocycles. The Balaban J connectivity index is 0.000000534. The quantitative estimate of drug-likeness (QED) is 0.0814. The molecule has 3 unspecified atom stereocenters. The van der Waals surface area contributed by atoms with Crippen LogP contribution in [0.1, 0.15) is 77.5 Å². The minimum atomic E-state index is -3.22. The van der Waals surface area contributed by atoms with Crippen LogP contribution in [-0.2, 0) is 24.0 Å². The van der Waals surface area contributed by atoms with Crippen molar-refractivity contribution in [2.45, 2.75) is 98.1 Å². The van der Waals surface area contributed by atoms with Crippen molar-refractivity contribution in [1.82, 2.24) is 31.2 Å². The molecule has 0 spiro atoms. The SMILES string of the molecule is CC(C(=O)NC(NC(F)F)C(=O)C(=O)N[C@@H](C)c1ccccc1)N(CC1CCCC1)C(=O)C(NC=O)C(C)(C)C.Cc1ccnc2ccccc12. The Kier molecular flexibility index (Phi) is 15.1. The molecule has 4 rings (SSSR count). The number of carbonyl (C=O) groups is 5. The van der Waals surface area contributed by atoms with Gasteiger partial charge in [-0.2, -0.15) is 8.78 Å². The van der Waals surface area contributed by atoms with Crippen molar-refractivity contribution in [3.8, 4) is 0 Å². The third-order valence-corrected chi connectivity index (χ3v) is 8.99. The van der Waals surface area contributed by atoms with Crippen molar-refractivity contribution in [1.29, 1.82) is 0 Å². The smallest absolute Gasteiger partial charge is 0.294 e. The van der Waals surface area contributed by atoms with E-state index in [1.165, 1.54) is 22.8 Å². The summed E-state index contributed by atoms with van der Waals surface area (Å²) in [5.41, 5.74) is 2.37. The fourth-order valence-corrected chi connectivity index (χ4v) is 6.01. The number of carbonyl (C=O) groups excluding carboxylic acids is 5. The predicted molar refractivity (Wildman–Crippen MR) is 191 cm³/mol. The number of aryl methyl sites for hydroxylation is 1. The molecule has 4 amide bonds. The van der Waals surface area contributed by atoms with Crippen LogP contribution in [0.25, 0.3) is 10.9 Å². The number of alkyl halides is 2. The highest BCUT2D eigenvalue weighted by Gasteiger charge is 2.40.